The van der Waals surface area contributed by atoms with Gasteiger partial charge in [-0.15, -0.1) is 11.3 Å². The number of pyridine rings is 1. The summed E-state index contributed by atoms with van der Waals surface area (Å²) in [7, 11) is 0. The number of hydrogen-bond acceptors (Lipinski definition) is 3. The van der Waals surface area contributed by atoms with Gasteiger partial charge in [0.15, 0.2) is 0 Å². The lowest BCUT2D eigenvalue weighted by Gasteiger charge is -2.08. The molecule has 0 radical (unpaired) electrons. The summed E-state index contributed by atoms with van der Waals surface area (Å²) in [6.07, 6.45) is 4.08. The first-order valence-corrected chi connectivity index (χ1v) is 8.95. The van der Waals surface area contributed by atoms with Crippen molar-refractivity contribution in [1.29, 1.82) is 0 Å². The van der Waals surface area contributed by atoms with Gasteiger partial charge in [-0.05, 0) is 35.9 Å². The van der Waals surface area contributed by atoms with E-state index in [1.165, 1.54) is 22.8 Å². The summed E-state index contributed by atoms with van der Waals surface area (Å²) in [5, 5.41) is 0. The molecule has 94 valence electrons. The Hall–Kier alpha value is -0.320. The zero-order valence-corrected chi connectivity index (χ0v) is 13.2. The molecule has 1 unspecified atom stereocenters. The molecule has 0 saturated carbocycles. The maximum Gasteiger partial charge on any atom is 0.0544 e. The molecular weight excluding hydrogens is 326 g/mol. The molecule has 0 aromatic carbocycles. The average Bonchev–Trinajstić information content (AvgIpc) is 2.84. The number of halogens is 1. The third kappa shape index (κ3) is 2.81. The standard InChI is InChI=1S/C14H14BrNS2/c15-12(8-11-3-1-2-5-16-11)14-7-10-9-17-6-4-13(10)18-14/h1-3,5,7,12H,4,6,8-9H2. The van der Waals surface area contributed by atoms with Gasteiger partial charge in [-0.1, -0.05) is 22.0 Å². The van der Waals surface area contributed by atoms with E-state index >= 15 is 0 Å². The lowest BCUT2D eigenvalue weighted by Crippen LogP contribution is -1.96. The zero-order valence-electron chi connectivity index (χ0n) is 9.93. The van der Waals surface area contributed by atoms with Crippen LogP contribution in [0.2, 0.25) is 0 Å². The molecule has 1 nitrogen and oxygen atoms in total. The number of rotatable bonds is 3. The molecule has 2 aromatic rings. The molecule has 1 aliphatic heterocycles. The summed E-state index contributed by atoms with van der Waals surface area (Å²) >= 11 is 7.83. The van der Waals surface area contributed by atoms with Crippen molar-refractivity contribution in [3.63, 3.8) is 0 Å². The molecule has 0 spiro atoms. The molecule has 3 heterocycles. The van der Waals surface area contributed by atoms with Crippen LogP contribution in [0, 0.1) is 0 Å². The van der Waals surface area contributed by atoms with Crippen molar-refractivity contribution >= 4 is 39.0 Å². The SMILES string of the molecule is BrC(Cc1ccccn1)c1cc2c(s1)CCSC2. The van der Waals surface area contributed by atoms with Crippen molar-refractivity contribution in [2.75, 3.05) is 5.75 Å². The second-order valence-corrected chi connectivity index (χ2v) is 7.77. The van der Waals surface area contributed by atoms with Crippen LogP contribution in [0.3, 0.4) is 0 Å². The van der Waals surface area contributed by atoms with Crippen LogP contribution < -0.4 is 0 Å². The normalized spacial score (nSPS) is 16.3. The van der Waals surface area contributed by atoms with Crippen LogP contribution in [0.15, 0.2) is 30.5 Å². The van der Waals surface area contributed by atoms with Gasteiger partial charge in [0.05, 0.1) is 4.83 Å². The lowest BCUT2D eigenvalue weighted by atomic mass is 10.1. The monoisotopic (exact) mass is 339 g/mol. The Morgan fingerprint density at radius 1 is 1.39 bits per heavy atom. The first-order valence-electron chi connectivity index (χ1n) is 6.06. The van der Waals surface area contributed by atoms with E-state index < -0.39 is 0 Å². The summed E-state index contributed by atoms with van der Waals surface area (Å²) in [6, 6.07) is 8.50. The zero-order chi connectivity index (χ0) is 12.4. The fourth-order valence-corrected chi connectivity index (χ4v) is 5.23. The molecule has 2 aromatic heterocycles. The predicted octanol–water partition coefficient (Wildman–Crippen LogP) is 4.61. The van der Waals surface area contributed by atoms with Gasteiger partial charge < -0.3 is 0 Å². The summed E-state index contributed by atoms with van der Waals surface area (Å²) in [5.74, 6) is 2.47. The fraction of sp³-hybridized carbons (Fsp3) is 0.357. The molecule has 1 atom stereocenters. The van der Waals surface area contributed by atoms with Gasteiger partial charge in [-0.25, -0.2) is 0 Å². The van der Waals surface area contributed by atoms with Crippen molar-refractivity contribution in [2.24, 2.45) is 0 Å². The van der Waals surface area contributed by atoms with Crippen LogP contribution in [0.5, 0.6) is 0 Å². The first-order chi connectivity index (χ1) is 8.83. The molecular formula is C14H14BrNS2. The molecule has 1 aliphatic rings. The second-order valence-electron chi connectivity index (χ2n) is 4.39. The summed E-state index contributed by atoms with van der Waals surface area (Å²) < 4.78 is 0. The van der Waals surface area contributed by atoms with Gasteiger partial charge >= 0.3 is 0 Å². The third-order valence-corrected chi connectivity index (χ3v) is 6.55. The van der Waals surface area contributed by atoms with Gasteiger partial charge in [-0.2, -0.15) is 11.8 Å². The second kappa shape index (κ2) is 5.76. The largest absolute Gasteiger partial charge is 0.261 e. The highest BCUT2D eigenvalue weighted by Crippen LogP contribution is 2.38. The van der Waals surface area contributed by atoms with Crippen LogP contribution in [-0.2, 0) is 18.6 Å². The van der Waals surface area contributed by atoms with E-state index in [0.717, 1.165) is 12.1 Å². The van der Waals surface area contributed by atoms with Crippen molar-refractivity contribution in [3.05, 3.63) is 51.5 Å². The van der Waals surface area contributed by atoms with Crippen molar-refractivity contribution in [3.8, 4) is 0 Å². The van der Waals surface area contributed by atoms with Gasteiger partial charge in [0.1, 0.15) is 0 Å². The molecule has 0 saturated heterocycles. The summed E-state index contributed by atoms with van der Waals surface area (Å²) in [4.78, 5) is 7.84. The highest BCUT2D eigenvalue weighted by Gasteiger charge is 2.18. The topological polar surface area (TPSA) is 12.9 Å². The molecule has 18 heavy (non-hydrogen) atoms. The fourth-order valence-electron chi connectivity index (χ4n) is 2.13. The maximum absolute atomic E-state index is 4.40. The van der Waals surface area contributed by atoms with Gasteiger partial charge in [0.2, 0.25) is 0 Å². The Balaban J connectivity index is 1.76. The highest BCUT2D eigenvalue weighted by molar-refractivity contribution is 9.09. The minimum absolute atomic E-state index is 0.396. The Kier molecular flexibility index (Phi) is 4.07. The Labute approximate surface area is 124 Å². The maximum atomic E-state index is 4.40. The number of nitrogens with zero attached hydrogens (tertiary/aromatic N) is 1. The summed E-state index contributed by atoms with van der Waals surface area (Å²) in [5.41, 5.74) is 2.71. The minimum atomic E-state index is 0.396. The average molecular weight is 340 g/mol. The number of thioether (sulfide) groups is 1. The minimum Gasteiger partial charge on any atom is -0.261 e. The van der Waals surface area contributed by atoms with Gasteiger partial charge in [0.25, 0.3) is 0 Å². The van der Waals surface area contributed by atoms with Crippen LogP contribution >= 0.6 is 39.0 Å². The molecule has 4 heteroatoms. The van der Waals surface area contributed by atoms with Crippen LogP contribution in [0.25, 0.3) is 0 Å². The molecule has 3 rings (SSSR count). The van der Waals surface area contributed by atoms with Crippen LogP contribution in [0.4, 0.5) is 0 Å². The van der Waals surface area contributed by atoms with E-state index in [9.17, 15) is 0 Å². The van der Waals surface area contributed by atoms with Crippen molar-refractivity contribution in [1.82, 2.24) is 4.98 Å². The van der Waals surface area contributed by atoms with E-state index in [-0.39, 0.29) is 0 Å². The molecule has 0 aliphatic carbocycles. The number of thiophene rings is 1. The van der Waals surface area contributed by atoms with Crippen LogP contribution in [-0.4, -0.2) is 10.7 Å². The predicted molar refractivity (Wildman–Crippen MR) is 83.8 cm³/mol. The lowest BCUT2D eigenvalue weighted by molar-refractivity contribution is 0.919. The Morgan fingerprint density at radius 2 is 2.33 bits per heavy atom. The van der Waals surface area contributed by atoms with Crippen molar-refractivity contribution < 1.29 is 0 Å². The number of alkyl halides is 1. The first kappa shape index (κ1) is 12.7. The quantitative estimate of drug-likeness (QED) is 0.757. The Bertz CT molecular complexity index is 500. The smallest absolute Gasteiger partial charge is 0.0544 e. The van der Waals surface area contributed by atoms with Gasteiger partial charge in [0, 0.05) is 33.8 Å². The van der Waals surface area contributed by atoms with Crippen LogP contribution in [0.1, 0.15) is 25.8 Å². The van der Waals surface area contributed by atoms with E-state index in [1.54, 1.807) is 10.4 Å². The van der Waals surface area contributed by atoms with Crippen molar-refractivity contribution in [2.45, 2.75) is 23.4 Å². The van der Waals surface area contributed by atoms with E-state index in [1.807, 2.05) is 35.4 Å². The third-order valence-electron chi connectivity index (χ3n) is 3.07. The highest BCUT2D eigenvalue weighted by atomic mass is 79.9. The number of hydrogen-bond donors (Lipinski definition) is 0. The molecule has 0 N–H and O–H groups in total. The molecule has 0 bridgehead atoms. The molecule has 0 amide bonds. The molecule has 0 fully saturated rings. The van der Waals surface area contributed by atoms with Gasteiger partial charge in [-0.3, -0.25) is 4.98 Å². The number of aromatic nitrogens is 1. The summed E-state index contributed by atoms with van der Waals surface area (Å²) in [6.45, 7) is 0. The van der Waals surface area contributed by atoms with E-state index in [2.05, 4.69) is 39.1 Å². The Morgan fingerprint density at radius 3 is 3.11 bits per heavy atom. The van der Waals surface area contributed by atoms with E-state index in [4.69, 9.17) is 0 Å². The van der Waals surface area contributed by atoms with E-state index in [0.29, 0.717) is 4.83 Å². The number of aryl methyl sites for hydroxylation is 1. The number of fused-ring (bicyclic) bond motifs is 1.